The minimum atomic E-state index is -0.243. The van der Waals surface area contributed by atoms with Gasteiger partial charge in [0.05, 0.1) is 44.3 Å². The van der Waals surface area contributed by atoms with E-state index in [1.165, 1.54) is 11.1 Å². The van der Waals surface area contributed by atoms with E-state index in [9.17, 15) is 4.79 Å². The Labute approximate surface area is 245 Å². The maximum Gasteiger partial charge on any atom is 0.310 e. The topological polar surface area (TPSA) is 76.3 Å². The highest BCUT2D eigenvalue weighted by Crippen LogP contribution is 2.41. The second-order valence-corrected chi connectivity index (χ2v) is 9.74. The molecule has 2 aliphatic heterocycles. The van der Waals surface area contributed by atoms with Gasteiger partial charge in [0.15, 0.2) is 35.7 Å². The normalized spacial score (nSPS) is 12.6. The van der Waals surface area contributed by atoms with E-state index in [4.69, 9.17) is 28.4 Å². The molecule has 0 atom stereocenters. The Morgan fingerprint density at radius 2 is 1.83 bits per heavy atom. The van der Waals surface area contributed by atoms with Gasteiger partial charge in [-0.05, 0) is 59.8 Å². The molecule has 3 heterocycles. The minimum absolute atomic E-state index is 0. The first-order valence-corrected chi connectivity index (χ1v) is 13.6. The number of aromatic nitrogens is 1. The van der Waals surface area contributed by atoms with Crippen LogP contribution in [0.4, 0.5) is 0 Å². The summed E-state index contributed by atoms with van der Waals surface area (Å²) in [6.07, 6.45) is 3.97. The first-order chi connectivity index (χ1) is 19.6. The van der Waals surface area contributed by atoms with Crippen LogP contribution < -0.4 is 40.7 Å². The fourth-order valence-electron chi connectivity index (χ4n) is 5.25. The van der Waals surface area contributed by atoms with Crippen LogP contribution >= 0.6 is 0 Å². The molecule has 214 valence electrons. The molecule has 3 aromatic carbocycles. The van der Waals surface area contributed by atoms with Crippen LogP contribution in [-0.4, -0.2) is 39.7 Å². The van der Waals surface area contributed by atoms with Gasteiger partial charge in [0.1, 0.15) is 5.75 Å². The molecule has 9 heteroatoms. The summed E-state index contributed by atoms with van der Waals surface area (Å²) in [7, 11) is 1.66. The Morgan fingerprint density at radius 3 is 2.66 bits per heavy atom. The summed E-state index contributed by atoms with van der Waals surface area (Å²) in [5.41, 5.74) is 4.43. The number of rotatable bonds is 10. The summed E-state index contributed by atoms with van der Waals surface area (Å²) >= 11 is 0. The van der Waals surface area contributed by atoms with Crippen LogP contribution in [0, 0.1) is 0 Å². The Balaban J connectivity index is 0.00000337. The van der Waals surface area contributed by atoms with Gasteiger partial charge >= 0.3 is 5.97 Å². The highest BCUT2D eigenvalue weighted by molar-refractivity contribution is 5.91. The predicted molar refractivity (Wildman–Crippen MR) is 148 cm³/mol. The van der Waals surface area contributed by atoms with E-state index in [-0.39, 0.29) is 31.6 Å². The lowest BCUT2D eigenvalue weighted by atomic mass is 9.95. The Hall–Kier alpha value is -4.17. The summed E-state index contributed by atoms with van der Waals surface area (Å²) in [6, 6.07) is 17.9. The number of aryl methyl sites for hydroxylation is 2. The van der Waals surface area contributed by atoms with Crippen LogP contribution in [-0.2, 0) is 28.9 Å². The largest absolute Gasteiger partial charge is 1.00 e. The molecule has 41 heavy (non-hydrogen) atoms. The zero-order chi connectivity index (χ0) is 27.5. The highest BCUT2D eigenvalue weighted by Gasteiger charge is 2.28. The molecule has 0 bridgehead atoms. The lowest BCUT2D eigenvalue weighted by molar-refractivity contribution is -0.686. The molecule has 0 spiro atoms. The number of hydrogen-bond acceptors (Lipinski definition) is 7. The molecular weight excluding hydrogens is 546 g/mol. The summed E-state index contributed by atoms with van der Waals surface area (Å²) in [5, 5.41) is 2.07. The third kappa shape index (κ3) is 5.98. The second kappa shape index (κ2) is 12.6. The minimum Gasteiger partial charge on any atom is -1.00 e. The average molecular weight is 578 g/mol. The predicted octanol–water partition coefficient (Wildman–Crippen LogP) is 2.05. The zero-order valence-corrected chi connectivity index (χ0v) is 23.9. The number of methoxy groups -OCH3 is 1. The van der Waals surface area contributed by atoms with E-state index in [1.807, 2.05) is 30.3 Å². The van der Waals surface area contributed by atoms with Crippen molar-refractivity contribution in [2.45, 2.75) is 32.7 Å². The second-order valence-electron chi connectivity index (χ2n) is 9.74. The molecule has 2 aliphatic rings. The number of benzene rings is 3. The molecular formula is C32H32ClNO7. The molecule has 4 aromatic rings. The fraction of sp³-hybridized carbons (Fsp3) is 0.312. The van der Waals surface area contributed by atoms with Crippen molar-refractivity contribution in [3.05, 3.63) is 71.9 Å². The van der Waals surface area contributed by atoms with Crippen LogP contribution in [0.25, 0.3) is 22.0 Å². The standard InChI is InChI=1S/C32H32NO7.ClH/c1-3-36-31(34)15-21-6-4-7-24(14-21)37-12-5-13-38-32-26-19-33-11-10-23-17-29-30(40-20-39-29)18-25(23)27(33)16-22(26)8-9-28(32)35-2;/h4,6-9,14,16-19H,3,5,10-13,15,20H2,1-2H3;1H/q+1;/p-1. The summed E-state index contributed by atoms with van der Waals surface area (Å²) in [4.78, 5) is 11.8. The van der Waals surface area contributed by atoms with Crippen LogP contribution in [0.15, 0.2) is 60.8 Å². The molecule has 8 nitrogen and oxygen atoms in total. The molecule has 0 N–H and O–H groups in total. The third-order valence-corrected chi connectivity index (χ3v) is 7.15. The van der Waals surface area contributed by atoms with Gasteiger partial charge < -0.3 is 40.8 Å². The van der Waals surface area contributed by atoms with Crippen molar-refractivity contribution >= 4 is 16.7 Å². The smallest absolute Gasteiger partial charge is 0.310 e. The van der Waals surface area contributed by atoms with Gasteiger partial charge in [-0.1, -0.05) is 12.1 Å². The molecule has 1 aromatic heterocycles. The zero-order valence-electron chi connectivity index (χ0n) is 23.1. The number of esters is 1. The van der Waals surface area contributed by atoms with Gasteiger partial charge in [0, 0.05) is 18.9 Å². The molecule has 0 aliphatic carbocycles. The van der Waals surface area contributed by atoms with Crippen molar-refractivity contribution in [2.75, 3.05) is 33.7 Å². The van der Waals surface area contributed by atoms with Crippen LogP contribution in [0.5, 0.6) is 28.7 Å². The number of carbonyl (C=O) groups is 1. The van der Waals surface area contributed by atoms with Crippen LogP contribution in [0.3, 0.4) is 0 Å². The van der Waals surface area contributed by atoms with Crippen molar-refractivity contribution in [1.29, 1.82) is 0 Å². The van der Waals surface area contributed by atoms with Crippen molar-refractivity contribution in [3.63, 3.8) is 0 Å². The van der Waals surface area contributed by atoms with Gasteiger partial charge in [-0.2, -0.15) is 4.57 Å². The Kier molecular flexibility index (Phi) is 8.69. The van der Waals surface area contributed by atoms with E-state index in [1.54, 1.807) is 14.0 Å². The Bertz CT molecular complexity index is 1570. The molecule has 0 saturated carbocycles. The molecule has 0 amide bonds. The number of hydrogen-bond donors (Lipinski definition) is 0. The van der Waals surface area contributed by atoms with Gasteiger partial charge in [-0.3, -0.25) is 4.79 Å². The quantitative estimate of drug-likeness (QED) is 0.162. The molecule has 0 radical (unpaired) electrons. The highest BCUT2D eigenvalue weighted by atomic mass is 35.5. The first-order valence-electron chi connectivity index (χ1n) is 13.6. The first kappa shape index (κ1) is 28.4. The van der Waals surface area contributed by atoms with Crippen LogP contribution in [0.2, 0.25) is 0 Å². The molecule has 0 fully saturated rings. The number of halogens is 1. The fourth-order valence-corrected chi connectivity index (χ4v) is 5.25. The lowest BCUT2D eigenvalue weighted by Crippen LogP contribution is -3.00. The molecule has 6 rings (SSSR count). The molecule has 0 saturated heterocycles. The van der Waals surface area contributed by atoms with E-state index < -0.39 is 0 Å². The maximum atomic E-state index is 11.8. The van der Waals surface area contributed by atoms with Gasteiger partial charge in [0.2, 0.25) is 12.5 Å². The maximum absolute atomic E-state index is 11.8. The number of ether oxygens (including phenoxy) is 6. The van der Waals surface area contributed by atoms with E-state index in [0.29, 0.717) is 32.0 Å². The SMILES string of the molecule is CCOC(=O)Cc1cccc(OCCCOc2c(OC)ccc3cc4[n+](cc23)CCc2cc3c(cc2-4)OCO3)c1.[Cl-]. The van der Waals surface area contributed by atoms with Crippen LogP contribution in [0.1, 0.15) is 24.5 Å². The number of nitrogens with zero attached hydrogens (tertiary/aromatic N) is 1. The van der Waals surface area contributed by atoms with E-state index in [0.717, 1.165) is 58.0 Å². The van der Waals surface area contributed by atoms with Crippen molar-refractivity contribution in [1.82, 2.24) is 0 Å². The van der Waals surface area contributed by atoms with Crippen molar-refractivity contribution in [2.24, 2.45) is 0 Å². The number of fused-ring (bicyclic) bond motifs is 5. The monoisotopic (exact) mass is 577 g/mol. The van der Waals surface area contributed by atoms with Gasteiger partial charge in [0.25, 0.3) is 0 Å². The Morgan fingerprint density at radius 1 is 1.00 bits per heavy atom. The van der Waals surface area contributed by atoms with E-state index in [2.05, 4.69) is 35.0 Å². The number of pyridine rings is 1. The summed E-state index contributed by atoms with van der Waals surface area (Å²) < 4.78 is 36.4. The van der Waals surface area contributed by atoms with Gasteiger partial charge in [-0.25, -0.2) is 0 Å². The van der Waals surface area contributed by atoms with Crippen molar-refractivity contribution < 1.29 is 50.2 Å². The summed E-state index contributed by atoms with van der Waals surface area (Å²) in [6.45, 7) is 4.24. The van der Waals surface area contributed by atoms with Gasteiger partial charge in [-0.15, -0.1) is 0 Å². The lowest BCUT2D eigenvalue weighted by Gasteiger charge is -2.18. The van der Waals surface area contributed by atoms with E-state index >= 15 is 0 Å². The average Bonchev–Trinajstić information content (AvgIpc) is 3.43. The van der Waals surface area contributed by atoms with Crippen molar-refractivity contribution in [3.8, 4) is 40.0 Å². The summed E-state index contributed by atoms with van der Waals surface area (Å²) in [5.74, 6) is 3.51. The molecule has 0 unspecified atom stereocenters. The number of carbonyl (C=O) groups excluding carboxylic acids is 1. The third-order valence-electron chi connectivity index (χ3n) is 7.15.